The molecule has 19 heavy (non-hydrogen) atoms. The molecular formula is C16H21NOS. The first kappa shape index (κ1) is 14.1. The van der Waals surface area contributed by atoms with Gasteiger partial charge in [-0.05, 0) is 55.5 Å². The van der Waals surface area contributed by atoms with Crippen molar-refractivity contribution < 1.29 is 4.74 Å². The second-order valence-corrected chi connectivity index (χ2v) is 5.80. The minimum Gasteiger partial charge on any atom is -0.497 e. The first-order valence-corrected chi connectivity index (χ1v) is 7.43. The Morgan fingerprint density at radius 3 is 2.58 bits per heavy atom. The van der Waals surface area contributed by atoms with Gasteiger partial charge in [0.05, 0.1) is 7.11 Å². The zero-order valence-corrected chi connectivity index (χ0v) is 12.8. The van der Waals surface area contributed by atoms with Crippen LogP contribution < -0.4 is 10.1 Å². The molecule has 2 nitrogen and oxygen atoms in total. The van der Waals surface area contributed by atoms with Gasteiger partial charge < -0.3 is 10.1 Å². The SMILES string of the molecule is COc1cccc(C(C)NC(C)c2sccc2C)c1. The quantitative estimate of drug-likeness (QED) is 0.869. The van der Waals surface area contributed by atoms with Crippen molar-refractivity contribution in [2.75, 3.05) is 7.11 Å². The van der Waals surface area contributed by atoms with Crippen molar-refractivity contribution in [1.29, 1.82) is 0 Å². The Balaban J connectivity index is 2.08. The predicted molar refractivity (Wildman–Crippen MR) is 82.0 cm³/mol. The minimum absolute atomic E-state index is 0.298. The highest BCUT2D eigenvalue weighted by Gasteiger charge is 2.14. The van der Waals surface area contributed by atoms with Gasteiger partial charge in [0.1, 0.15) is 5.75 Å². The molecule has 2 unspecified atom stereocenters. The van der Waals surface area contributed by atoms with E-state index in [4.69, 9.17) is 4.74 Å². The Morgan fingerprint density at radius 2 is 1.95 bits per heavy atom. The summed E-state index contributed by atoms with van der Waals surface area (Å²) < 4.78 is 5.28. The van der Waals surface area contributed by atoms with Crippen LogP contribution in [0.25, 0.3) is 0 Å². The minimum atomic E-state index is 0.298. The molecule has 2 aromatic rings. The zero-order valence-electron chi connectivity index (χ0n) is 11.9. The third kappa shape index (κ3) is 3.37. The third-order valence-corrected chi connectivity index (χ3v) is 4.59. The van der Waals surface area contributed by atoms with Gasteiger partial charge in [-0.3, -0.25) is 0 Å². The van der Waals surface area contributed by atoms with Crippen molar-refractivity contribution in [3.8, 4) is 5.75 Å². The van der Waals surface area contributed by atoms with Crippen LogP contribution in [0.5, 0.6) is 5.75 Å². The van der Waals surface area contributed by atoms with E-state index >= 15 is 0 Å². The fraction of sp³-hybridized carbons (Fsp3) is 0.375. The summed E-state index contributed by atoms with van der Waals surface area (Å²) in [7, 11) is 1.70. The molecule has 0 aliphatic carbocycles. The Morgan fingerprint density at radius 1 is 1.16 bits per heavy atom. The van der Waals surface area contributed by atoms with Crippen molar-refractivity contribution in [3.63, 3.8) is 0 Å². The van der Waals surface area contributed by atoms with Gasteiger partial charge in [0.15, 0.2) is 0 Å². The summed E-state index contributed by atoms with van der Waals surface area (Å²) in [6, 6.07) is 11.1. The zero-order chi connectivity index (χ0) is 13.8. The highest BCUT2D eigenvalue weighted by Crippen LogP contribution is 2.27. The predicted octanol–water partition coefficient (Wildman–Crippen LogP) is 4.48. The molecule has 1 heterocycles. The number of benzene rings is 1. The van der Waals surface area contributed by atoms with Crippen LogP contribution >= 0.6 is 11.3 Å². The molecule has 0 aliphatic rings. The third-order valence-electron chi connectivity index (χ3n) is 3.39. The maximum atomic E-state index is 5.28. The highest BCUT2D eigenvalue weighted by molar-refractivity contribution is 7.10. The summed E-state index contributed by atoms with van der Waals surface area (Å²) in [5.74, 6) is 0.908. The van der Waals surface area contributed by atoms with Gasteiger partial charge in [0, 0.05) is 17.0 Å². The number of hydrogen-bond acceptors (Lipinski definition) is 3. The lowest BCUT2D eigenvalue weighted by Crippen LogP contribution is -2.22. The van der Waals surface area contributed by atoms with Gasteiger partial charge >= 0.3 is 0 Å². The van der Waals surface area contributed by atoms with Crippen LogP contribution in [0.2, 0.25) is 0 Å². The Bertz CT molecular complexity index is 535. The Labute approximate surface area is 119 Å². The van der Waals surface area contributed by atoms with E-state index in [0.717, 1.165) is 5.75 Å². The van der Waals surface area contributed by atoms with Crippen molar-refractivity contribution in [2.24, 2.45) is 0 Å². The van der Waals surface area contributed by atoms with Crippen LogP contribution in [0.1, 0.15) is 41.9 Å². The van der Waals surface area contributed by atoms with Crippen molar-refractivity contribution in [1.82, 2.24) is 5.32 Å². The number of nitrogens with one attached hydrogen (secondary N) is 1. The topological polar surface area (TPSA) is 21.3 Å². The van der Waals surface area contributed by atoms with Gasteiger partial charge in [0.25, 0.3) is 0 Å². The molecule has 2 atom stereocenters. The fourth-order valence-corrected chi connectivity index (χ4v) is 3.23. The van der Waals surface area contributed by atoms with E-state index in [1.54, 1.807) is 7.11 Å². The van der Waals surface area contributed by atoms with Crippen LogP contribution in [0.15, 0.2) is 35.7 Å². The summed E-state index contributed by atoms with van der Waals surface area (Å²) in [5.41, 5.74) is 2.61. The molecule has 0 amide bonds. The van der Waals surface area contributed by atoms with Crippen LogP contribution in [-0.4, -0.2) is 7.11 Å². The van der Waals surface area contributed by atoms with Crippen molar-refractivity contribution >= 4 is 11.3 Å². The van der Waals surface area contributed by atoms with Gasteiger partial charge in [0.2, 0.25) is 0 Å². The standard InChI is InChI=1S/C16H21NOS/c1-11-8-9-19-16(11)13(3)17-12(2)14-6-5-7-15(10-14)18-4/h5-10,12-13,17H,1-4H3. The molecule has 102 valence electrons. The normalized spacial score (nSPS) is 14.1. The van der Waals surface area contributed by atoms with Gasteiger partial charge in [-0.15, -0.1) is 11.3 Å². The lowest BCUT2D eigenvalue weighted by Gasteiger charge is -2.20. The van der Waals surface area contributed by atoms with Crippen molar-refractivity contribution in [3.05, 3.63) is 51.7 Å². The molecule has 2 rings (SSSR count). The molecule has 1 aromatic heterocycles. The van der Waals surface area contributed by atoms with E-state index in [1.807, 2.05) is 23.5 Å². The van der Waals surface area contributed by atoms with Gasteiger partial charge in [-0.1, -0.05) is 12.1 Å². The lowest BCUT2D eigenvalue weighted by atomic mass is 10.1. The summed E-state index contributed by atoms with van der Waals surface area (Å²) in [5, 5.41) is 5.80. The van der Waals surface area contributed by atoms with Crippen LogP contribution in [0.4, 0.5) is 0 Å². The number of ether oxygens (including phenoxy) is 1. The Hall–Kier alpha value is -1.32. The van der Waals surface area contributed by atoms with E-state index in [-0.39, 0.29) is 0 Å². The smallest absolute Gasteiger partial charge is 0.119 e. The monoisotopic (exact) mass is 275 g/mol. The van der Waals surface area contributed by atoms with E-state index in [2.05, 4.69) is 49.7 Å². The number of thiophene rings is 1. The average molecular weight is 275 g/mol. The second-order valence-electron chi connectivity index (χ2n) is 4.85. The van der Waals surface area contributed by atoms with E-state index in [1.165, 1.54) is 16.0 Å². The Kier molecular flexibility index (Phi) is 4.61. The fourth-order valence-electron chi connectivity index (χ4n) is 2.29. The van der Waals surface area contributed by atoms with Crippen LogP contribution in [-0.2, 0) is 0 Å². The number of rotatable bonds is 5. The van der Waals surface area contributed by atoms with Gasteiger partial charge in [-0.2, -0.15) is 0 Å². The largest absolute Gasteiger partial charge is 0.497 e. The summed E-state index contributed by atoms with van der Waals surface area (Å²) in [4.78, 5) is 1.41. The summed E-state index contributed by atoms with van der Waals surface area (Å²) in [6.45, 7) is 6.57. The molecule has 1 N–H and O–H groups in total. The molecule has 3 heteroatoms. The maximum Gasteiger partial charge on any atom is 0.119 e. The highest BCUT2D eigenvalue weighted by atomic mass is 32.1. The summed E-state index contributed by atoms with van der Waals surface area (Å²) in [6.07, 6.45) is 0. The average Bonchev–Trinajstić information content (AvgIpc) is 2.85. The molecule has 0 fully saturated rings. The molecule has 0 saturated carbocycles. The van der Waals surface area contributed by atoms with E-state index in [9.17, 15) is 0 Å². The number of aryl methyl sites for hydroxylation is 1. The molecule has 0 aliphatic heterocycles. The first-order chi connectivity index (χ1) is 9.11. The molecule has 0 spiro atoms. The maximum absolute atomic E-state index is 5.28. The van der Waals surface area contributed by atoms with Crippen LogP contribution in [0, 0.1) is 6.92 Å². The van der Waals surface area contributed by atoms with Gasteiger partial charge in [-0.25, -0.2) is 0 Å². The molecule has 0 radical (unpaired) electrons. The molecule has 0 saturated heterocycles. The van der Waals surface area contributed by atoms with Crippen LogP contribution in [0.3, 0.4) is 0 Å². The molecule has 0 bridgehead atoms. The molecular weight excluding hydrogens is 254 g/mol. The van der Waals surface area contributed by atoms with Crippen molar-refractivity contribution in [2.45, 2.75) is 32.9 Å². The first-order valence-electron chi connectivity index (χ1n) is 6.55. The second kappa shape index (κ2) is 6.22. The molecule has 1 aromatic carbocycles. The lowest BCUT2D eigenvalue weighted by molar-refractivity contribution is 0.412. The van der Waals surface area contributed by atoms with E-state index < -0.39 is 0 Å². The summed E-state index contributed by atoms with van der Waals surface area (Å²) >= 11 is 1.82. The van der Waals surface area contributed by atoms with E-state index in [0.29, 0.717) is 12.1 Å². The number of hydrogen-bond donors (Lipinski definition) is 1. The number of methoxy groups -OCH3 is 1.